The summed E-state index contributed by atoms with van der Waals surface area (Å²) < 4.78 is 0. The van der Waals surface area contributed by atoms with E-state index in [4.69, 9.17) is 5.73 Å². The van der Waals surface area contributed by atoms with Gasteiger partial charge >= 0.3 is 0 Å². The topological polar surface area (TPSA) is 59.2 Å². The summed E-state index contributed by atoms with van der Waals surface area (Å²) in [5.74, 6) is 0.338. The van der Waals surface area contributed by atoms with Crippen molar-refractivity contribution < 1.29 is 4.79 Å². The standard InChI is InChI=1S/C14H21N3O/c15-14(18)11-13-4-9-17(10-5-13)8-3-12-1-6-16-7-2-12/h1-2,6-7,13H,3-5,8-11H2,(H2,15,18). The number of likely N-dealkylation sites (tertiary alicyclic amines) is 1. The first-order valence-electron chi connectivity index (χ1n) is 6.63. The molecule has 18 heavy (non-hydrogen) atoms. The maximum absolute atomic E-state index is 10.9. The molecule has 0 bridgehead atoms. The molecule has 1 saturated heterocycles. The molecule has 0 saturated carbocycles. The molecule has 1 aliphatic heterocycles. The number of nitrogens with two attached hydrogens (primary N) is 1. The molecular weight excluding hydrogens is 226 g/mol. The SMILES string of the molecule is NC(=O)CC1CCN(CCc2ccncc2)CC1. The molecular formula is C14H21N3O. The van der Waals surface area contributed by atoms with Gasteiger partial charge in [0.25, 0.3) is 0 Å². The lowest BCUT2D eigenvalue weighted by molar-refractivity contribution is -0.119. The van der Waals surface area contributed by atoms with E-state index in [-0.39, 0.29) is 5.91 Å². The van der Waals surface area contributed by atoms with E-state index in [0.29, 0.717) is 12.3 Å². The van der Waals surface area contributed by atoms with Crippen LogP contribution in [0.3, 0.4) is 0 Å². The Balaban J connectivity index is 1.69. The van der Waals surface area contributed by atoms with E-state index < -0.39 is 0 Å². The van der Waals surface area contributed by atoms with Crippen molar-refractivity contribution in [3.8, 4) is 0 Å². The summed E-state index contributed by atoms with van der Waals surface area (Å²) in [5, 5.41) is 0. The molecule has 1 aliphatic rings. The normalized spacial score (nSPS) is 17.8. The van der Waals surface area contributed by atoms with Gasteiger partial charge in [-0.15, -0.1) is 0 Å². The molecule has 2 N–H and O–H groups in total. The van der Waals surface area contributed by atoms with Gasteiger partial charge in [0.05, 0.1) is 0 Å². The first-order valence-corrected chi connectivity index (χ1v) is 6.63. The number of nitrogens with zero attached hydrogens (tertiary/aromatic N) is 2. The predicted molar refractivity (Wildman–Crippen MR) is 70.9 cm³/mol. The number of hydrogen-bond acceptors (Lipinski definition) is 3. The molecule has 2 rings (SSSR count). The zero-order valence-corrected chi connectivity index (χ0v) is 10.7. The Morgan fingerprint density at radius 2 is 2.00 bits per heavy atom. The lowest BCUT2D eigenvalue weighted by Crippen LogP contribution is -2.36. The Bertz CT molecular complexity index is 372. The number of carbonyl (C=O) groups is 1. The van der Waals surface area contributed by atoms with Crippen molar-refractivity contribution in [3.05, 3.63) is 30.1 Å². The number of rotatable bonds is 5. The molecule has 0 spiro atoms. The van der Waals surface area contributed by atoms with E-state index >= 15 is 0 Å². The zero-order valence-electron chi connectivity index (χ0n) is 10.7. The quantitative estimate of drug-likeness (QED) is 0.851. The van der Waals surface area contributed by atoms with Crippen LogP contribution in [0.1, 0.15) is 24.8 Å². The lowest BCUT2D eigenvalue weighted by atomic mass is 9.93. The maximum atomic E-state index is 10.9. The smallest absolute Gasteiger partial charge is 0.217 e. The molecule has 1 aromatic rings. The molecule has 4 nitrogen and oxygen atoms in total. The minimum Gasteiger partial charge on any atom is -0.370 e. The fourth-order valence-electron chi connectivity index (χ4n) is 2.54. The number of amides is 1. The van der Waals surface area contributed by atoms with Gasteiger partial charge in [-0.1, -0.05) is 0 Å². The molecule has 1 amide bonds. The highest BCUT2D eigenvalue weighted by atomic mass is 16.1. The van der Waals surface area contributed by atoms with Crippen molar-refractivity contribution in [2.45, 2.75) is 25.7 Å². The van der Waals surface area contributed by atoms with E-state index in [2.05, 4.69) is 22.0 Å². The third kappa shape index (κ3) is 4.11. The van der Waals surface area contributed by atoms with Gasteiger partial charge in [0, 0.05) is 25.4 Å². The Kier molecular flexibility index (Phi) is 4.70. The van der Waals surface area contributed by atoms with Crippen molar-refractivity contribution in [2.24, 2.45) is 11.7 Å². The zero-order chi connectivity index (χ0) is 12.8. The van der Waals surface area contributed by atoms with E-state index in [9.17, 15) is 4.79 Å². The number of piperidine rings is 1. The number of carbonyl (C=O) groups excluding carboxylic acids is 1. The van der Waals surface area contributed by atoms with Gasteiger partial charge in [0.15, 0.2) is 0 Å². The van der Waals surface area contributed by atoms with E-state index in [0.717, 1.165) is 38.9 Å². The third-order valence-corrected chi connectivity index (χ3v) is 3.66. The van der Waals surface area contributed by atoms with E-state index in [1.54, 1.807) is 0 Å². The Hall–Kier alpha value is -1.42. The highest BCUT2D eigenvalue weighted by Gasteiger charge is 2.20. The first kappa shape index (κ1) is 13.0. The first-order chi connectivity index (χ1) is 8.74. The van der Waals surface area contributed by atoms with Crippen molar-refractivity contribution in [1.82, 2.24) is 9.88 Å². The van der Waals surface area contributed by atoms with Gasteiger partial charge < -0.3 is 10.6 Å². The molecule has 0 unspecified atom stereocenters. The van der Waals surface area contributed by atoms with Crippen LogP contribution in [0.4, 0.5) is 0 Å². The summed E-state index contributed by atoms with van der Waals surface area (Å²) >= 11 is 0. The Morgan fingerprint density at radius 3 is 2.61 bits per heavy atom. The monoisotopic (exact) mass is 247 g/mol. The number of primary amides is 1. The second-order valence-corrected chi connectivity index (χ2v) is 5.06. The predicted octanol–water partition coefficient (Wildman–Crippen LogP) is 1.21. The summed E-state index contributed by atoms with van der Waals surface area (Å²) in [7, 11) is 0. The molecule has 0 atom stereocenters. The van der Waals surface area contributed by atoms with Crippen LogP contribution in [-0.2, 0) is 11.2 Å². The minimum atomic E-state index is -0.162. The van der Waals surface area contributed by atoms with Crippen LogP contribution in [0.25, 0.3) is 0 Å². The van der Waals surface area contributed by atoms with Crippen LogP contribution in [0.5, 0.6) is 0 Å². The van der Waals surface area contributed by atoms with Crippen LogP contribution >= 0.6 is 0 Å². The van der Waals surface area contributed by atoms with Crippen LogP contribution in [0.2, 0.25) is 0 Å². The number of hydrogen-bond donors (Lipinski definition) is 1. The molecule has 1 fully saturated rings. The van der Waals surface area contributed by atoms with Gasteiger partial charge in [-0.3, -0.25) is 9.78 Å². The fourth-order valence-corrected chi connectivity index (χ4v) is 2.54. The number of aromatic nitrogens is 1. The molecule has 0 aliphatic carbocycles. The van der Waals surface area contributed by atoms with Gasteiger partial charge in [-0.2, -0.15) is 0 Å². The van der Waals surface area contributed by atoms with Crippen LogP contribution in [-0.4, -0.2) is 35.4 Å². The van der Waals surface area contributed by atoms with Crippen molar-refractivity contribution in [1.29, 1.82) is 0 Å². The van der Waals surface area contributed by atoms with Crippen molar-refractivity contribution in [2.75, 3.05) is 19.6 Å². The van der Waals surface area contributed by atoms with Gasteiger partial charge in [-0.05, 0) is 56.0 Å². The van der Waals surface area contributed by atoms with E-state index in [1.807, 2.05) is 12.4 Å². The highest BCUT2D eigenvalue weighted by molar-refractivity contribution is 5.73. The summed E-state index contributed by atoms with van der Waals surface area (Å²) in [6, 6.07) is 4.14. The largest absolute Gasteiger partial charge is 0.370 e. The van der Waals surface area contributed by atoms with Crippen LogP contribution < -0.4 is 5.73 Å². The van der Waals surface area contributed by atoms with Gasteiger partial charge in [0.1, 0.15) is 0 Å². The van der Waals surface area contributed by atoms with E-state index in [1.165, 1.54) is 5.56 Å². The second kappa shape index (κ2) is 6.50. The summed E-state index contributed by atoms with van der Waals surface area (Å²) in [6.07, 6.45) is 7.50. The Labute approximate surface area is 108 Å². The molecule has 98 valence electrons. The number of pyridine rings is 1. The van der Waals surface area contributed by atoms with Crippen molar-refractivity contribution in [3.63, 3.8) is 0 Å². The average Bonchev–Trinajstić information content (AvgIpc) is 2.38. The molecule has 0 radical (unpaired) electrons. The minimum absolute atomic E-state index is 0.162. The highest BCUT2D eigenvalue weighted by Crippen LogP contribution is 2.20. The fraction of sp³-hybridized carbons (Fsp3) is 0.571. The van der Waals surface area contributed by atoms with Crippen LogP contribution in [0, 0.1) is 5.92 Å². The summed E-state index contributed by atoms with van der Waals surface area (Å²) in [4.78, 5) is 17.4. The molecule has 2 heterocycles. The van der Waals surface area contributed by atoms with Gasteiger partial charge in [-0.25, -0.2) is 0 Å². The van der Waals surface area contributed by atoms with Gasteiger partial charge in [0.2, 0.25) is 5.91 Å². The maximum Gasteiger partial charge on any atom is 0.217 e. The summed E-state index contributed by atoms with van der Waals surface area (Å²) in [5.41, 5.74) is 6.57. The summed E-state index contributed by atoms with van der Waals surface area (Å²) in [6.45, 7) is 3.26. The average molecular weight is 247 g/mol. The van der Waals surface area contributed by atoms with Crippen molar-refractivity contribution >= 4 is 5.91 Å². The molecule has 1 aromatic heterocycles. The lowest BCUT2D eigenvalue weighted by Gasteiger charge is -2.31. The van der Waals surface area contributed by atoms with Crippen LogP contribution in [0.15, 0.2) is 24.5 Å². The third-order valence-electron chi connectivity index (χ3n) is 3.66. The second-order valence-electron chi connectivity index (χ2n) is 5.06. The Morgan fingerprint density at radius 1 is 1.33 bits per heavy atom. The molecule has 0 aromatic carbocycles. The molecule has 4 heteroatoms.